The molecular formula is C13H14N4O3. The van der Waals surface area contributed by atoms with Gasteiger partial charge in [-0.15, -0.1) is 0 Å². The number of piperidine rings is 1. The molecule has 2 aromatic rings. The Morgan fingerprint density at radius 1 is 1.30 bits per heavy atom. The average molecular weight is 274 g/mol. The van der Waals surface area contributed by atoms with Crippen molar-refractivity contribution in [1.29, 1.82) is 0 Å². The number of imide groups is 1. The summed E-state index contributed by atoms with van der Waals surface area (Å²) >= 11 is 0. The van der Waals surface area contributed by atoms with E-state index in [9.17, 15) is 14.4 Å². The first-order valence-electron chi connectivity index (χ1n) is 6.30. The fourth-order valence-electron chi connectivity index (χ4n) is 2.70. The summed E-state index contributed by atoms with van der Waals surface area (Å²) in [6.45, 7) is 0. The minimum atomic E-state index is -0.675. The maximum absolute atomic E-state index is 12.4. The van der Waals surface area contributed by atoms with Crippen molar-refractivity contribution in [3.05, 3.63) is 28.7 Å². The third-order valence-corrected chi connectivity index (χ3v) is 3.66. The smallest absolute Gasteiger partial charge is 0.329 e. The molecule has 3 N–H and O–H groups in total. The molecular weight excluding hydrogens is 260 g/mol. The van der Waals surface area contributed by atoms with Gasteiger partial charge in [-0.05, 0) is 18.6 Å². The topological polar surface area (TPSA) is 99.1 Å². The maximum Gasteiger partial charge on any atom is 0.329 e. The monoisotopic (exact) mass is 274 g/mol. The van der Waals surface area contributed by atoms with Crippen LogP contribution >= 0.6 is 0 Å². The number of fused-ring (bicyclic) bond motifs is 1. The number of carbonyl (C=O) groups excluding carboxylic acids is 2. The number of aryl methyl sites for hydroxylation is 1. The van der Waals surface area contributed by atoms with Gasteiger partial charge in [0.2, 0.25) is 11.8 Å². The minimum absolute atomic E-state index is 0.224. The predicted octanol–water partition coefficient (Wildman–Crippen LogP) is -0.100. The van der Waals surface area contributed by atoms with Gasteiger partial charge in [-0.2, -0.15) is 0 Å². The van der Waals surface area contributed by atoms with E-state index in [4.69, 9.17) is 5.73 Å². The van der Waals surface area contributed by atoms with E-state index >= 15 is 0 Å². The Labute approximate surface area is 114 Å². The fraction of sp³-hybridized carbons (Fsp3) is 0.308. The summed E-state index contributed by atoms with van der Waals surface area (Å²) in [5.74, 6) is -0.752. The standard InChI is InChI=1S/C13H14N4O3/c1-16-11-7(14)3-2-4-8(11)17(13(16)20)9-5-6-10(18)15-12(9)19/h2-4,9H,5-6,14H2,1H3,(H,15,18,19)/t9-/m0/s1. The van der Waals surface area contributed by atoms with E-state index in [2.05, 4.69) is 5.32 Å². The van der Waals surface area contributed by atoms with E-state index in [0.717, 1.165) is 0 Å². The second-order valence-electron chi connectivity index (χ2n) is 4.89. The molecule has 2 amide bonds. The molecule has 7 heteroatoms. The van der Waals surface area contributed by atoms with Gasteiger partial charge in [0.15, 0.2) is 0 Å². The molecule has 3 rings (SSSR count). The van der Waals surface area contributed by atoms with Gasteiger partial charge in [0, 0.05) is 13.5 Å². The molecule has 20 heavy (non-hydrogen) atoms. The Morgan fingerprint density at radius 3 is 2.75 bits per heavy atom. The number of imidazole rings is 1. The highest BCUT2D eigenvalue weighted by atomic mass is 16.2. The molecule has 0 bridgehead atoms. The predicted molar refractivity (Wildman–Crippen MR) is 73.0 cm³/mol. The average Bonchev–Trinajstić information content (AvgIpc) is 2.64. The van der Waals surface area contributed by atoms with E-state index in [1.807, 2.05) is 0 Å². The van der Waals surface area contributed by atoms with Crippen LogP contribution in [0.15, 0.2) is 23.0 Å². The molecule has 1 aromatic heterocycles. The number of hydrogen-bond donors (Lipinski definition) is 2. The van der Waals surface area contributed by atoms with Crippen LogP contribution in [0.5, 0.6) is 0 Å². The molecule has 0 radical (unpaired) electrons. The number of benzene rings is 1. The lowest BCUT2D eigenvalue weighted by atomic mass is 10.1. The number of nitrogens with two attached hydrogens (primary N) is 1. The Bertz CT molecular complexity index is 787. The van der Waals surface area contributed by atoms with E-state index in [0.29, 0.717) is 23.1 Å². The van der Waals surface area contributed by atoms with Crippen molar-refractivity contribution in [1.82, 2.24) is 14.5 Å². The van der Waals surface area contributed by atoms with Crippen molar-refractivity contribution in [2.75, 3.05) is 5.73 Å². The van der Waals surface area contributed by atoms with Gasteiger partial charge in [0.25, 0.3) is 0 Å². The lowest BCUT2D eigenvalue weighted by Crippen LogP contribution is -2.44. The zero-order valence-corrected chi connectivity index (χ0v) is 10.9. The van der Waals surface area contributed by atoms with Crippen molar-refractivity contribution in [2.45, 2.75) is 18.9 Å². The van der Waals surface area contributed by atoms with Crippen LogP contribution in [-0.2, 0) is 16.6 Å². The number of nitrogens with one attached hydrogen (secondary N) is 1. The number of anilines is 1. The van der Waals surface area contributed by atoms with E-state index in [1.165, 1.54) is 9.13 Å². The quantitative estimate of drug-likeness (QED) is 0.560. The van der Waals surface area contributed by atoms with Gasteiger partial charge in [-0.3, -0.25) is 24.0 Å². The second-order valence-corrected chi connectivity index (χ2v) is 4.89. The SMILES string of the molecule is Cn1c(=O)n([C@H]2CCC(=O)NC2=O)c2cccc(N)c21. The molecule has 1 aromatic carbocycles. The zero-order valence-electron chi connectivity index (χ0n) is 10.9. The Hall–Kier alpha value is -2.57. The normalized spacial score (nSPS) is 19.4. The zero-order chi connectivity index (χ0) is 14.4. The van der Waals surface area contributed by atoms with Crippen molar-refractivity contribution in [3.8, 4) is 0 Å². The molecule has 1 aliphatic heterocycles. The Kier molecular flexibility index (Phi) is 2.63. The summed E-state index contributed by atoms with van der Waals surface area (Å²) in [4.78, 5) is 35.5. The van der Waals surface area contributed by atoms with Crippen molar-refractivity contribution in [3.63, 3.8) is 0 Å². The highest BCUT2D eigenvalue weighted by molar-refractivity contribution is 6.00. The number of para-hydroxylation sites is 1. The number of rotatable bonds is 1. The molecule has 0 aliphatic carbocycles. The molecule has 1 aliphatic rings. The highest BCUT2D eigenvalue weighted by Gasteiger charge is 2.31. The van der Waals surface area contributed by atoms with Gasteiger partial charge >= 0.3 is 5.69 Å². The van der Waals surface area contributed by atoms with Crippen LogP contribution in [0.2, 0.25) is 0 Å². The Balaban J connectivity index is 2.25. The molecule has 2 heterocycles. The lowest BCUT2D eigenvalue weighted by Gasteiger charge is -2.21. The second kappa shape index (κ2) is 4.22. The van der Waals surface area contributed by atoms with Crippen LogP contribution in [-0.4, -0.2) is 20.9 Å². The first kappa shape index (κ1) is 12.5. The number of carbonyl (C=O) groups is 2. The summed E-state index contributed by atoms with van der Waals surface area (Å²) in [5.41, 5.74) is 7.27. The largest absolute Gasteiger partial charge is 0.397 e. The molecule has 1 saturated heterocycles. The number of amides is 2. The third kappa shape index (κ3) is 1.63. The molecule has 0 saturated carbocycles. The van der Waals surface area contributed by atoms with E-state index in [-0.39, 0.29) is 18.0 Å². The summed E-state index contributed by atoms with van der Waals surface area (Å²) < 4.78 is 2.84. The van der Waals surface area contributed by atoms with Crippen molar-refractivity contribution in [2.24, 2.45) is 7.05 Å². The van der Waals surface area contributed by atoms with Gasteiger partial charge in [0.05, 0.1) is 16.7 Å². The summed E-state index contributed by atoms with van der Waals surface area (Å²) in [6.07, 6.45) is 0.542. The summed E-state index contributed by atoms with van der Waals surface area (Å²) in [6, 6.07) is 4.51. The highest BCUT2D eigenvalue weighted by Crippen LogP contribution is 2.25. The molecule has 1 atom stereocenters. The molecule has 1 fully saturated rings. The van der Waals surface area contributed by atoms with E-state index in [1.54, 1.807) is 25.2 Å². The van der Waals surface area contributed by atoms with Crippen LogP contribution in [0, 0.1) is 0 Å². The maximum atomic E-state index is 12.4. The summed E-state index contributed by atoms with van der Waals surface area (Å²) in [5, 5.41) is 2.27. The van der Waals surface area contributed by atoms with Crippen molar-refractivity contribution < 1.29 is 9.59 Å². The number of nitrogens with zero attached hydrogens (tertiary/aromatic N) is 2. The molecule has 7 nitrogen and oxygen atoms in total. The van der Waals surface area contributed by atoms with Gasteiger partial charge < -0.3 is 5.73 Å². The first-order chi connectivity index (χ1) is 9.50. The van der Waals surface area contributed by atoms with Gasteiger partial charge in [0.1, 0.15) is 6.04 Å². The van der Waals surface area contributed by atoms with Crippen LogP contribution in [0.25, 0.3) is 11.0 Å². The van der Waals surface area contributed by atoms with Gasteiger partial charge in [-0.1, -0.05) is 6.07 Å². The molecule has 0 spiro atoms. The van der Waals surface area contributed by atoms with Crippen LogP contribution in [0.3, 0.4) is 0 Å². The van der Waals surface area contributed by atoms with Crippen LogP contribution in [0.4, 0.5) is 5.69 Å². The van der Waals surface area contributed by atoms with Crippen molar-refractivity contribution >= 4 is 28.5 Å². The number of hydrogen-bond acceptors (Lipinski definition) is 4. The first-order valence-corrected chi connectivity index (χ1v) is 6.30. The Morgan fingerprint density at radius 2 is 2.05 bits per heavy atom. The van der Waals surface area contributed by atoms with E-state index < -0.39 is 11.9 Å². The molecule has 104 valence electrons. The fourth-order valence-corrected chi connectivity index (χ4v) is 2.70. The minimum Gasteiger partial charge on any atom is -0.397 e. The number of nitrogen functional groups attached to an aromatic ring is 1. The third-order valence-electron chi connectivity index (χ3n) is 3.66. The van der Waals surface area contributed by atoms with Crippen LogP contribution < -0.4 is 16.7 Å². The van der Waals surface area contributed by atoms with Crippen LogP contribution in [0.1, 0.15) is 18.9 Å². The lowest BCUT2D eigenvalue weighted by molar-refractivity contribution is -0.135. The summed E-state index contributed by atoms with van der Waals surface area (Å²) in [7, 11) is 1.61. The van der Waals surface area contributed by atoms with Gasteiger partial charge in [-0.25, -0.2) is 4.79 Å². The number of aromatic nitrogens is 2. The molecule has 0 unspecified atom stereocenters.